The number of methoxy groups -OCH3 is 2. The van der Waals surface area contributed by atoms with Crippen LogP contribution >= 0.6 is 15.9 Å². The minimum Gasteiger partial charge on any atom is -0.493 e. The Bertz CT molecular complexity index is 805. The number of hydrogen-bond acceptors (Lipinski definition) is 4. The van der Waals surface area contributed by atoms with E-state index in [1.54, 1.807) is 20.3 Å². The third-order valence-electron chi connectivity index (χ3n) is 3.76. The van der Waals surface area contributed by atoms with E-state index < -0.39 is 5.97 Å². The molecule has 1 N–H and O–H groups in total. The molecule has 1 aromatic carbocycles. The Hall–Kier alpha value is -2.34. The number of benzene rings is 1. The van der Waals surface area contributed by atoms with Gasteiger partial charge in [-0.2, -0.15) is 0 Å². The van der Waals surface area contributed by atoms with Crippen molar-refractivity contribution in [2.24, 2.45) is 4.99 Å². The lowest BCUT2D eigenvalue weighted by molar-refractivity contribution is -0.129. The monoisotopic (exact) mass is 375 g/mol. The zero-order valence-corrected chi connectivity index (χ0v) is 14.1. The van der Waals surface area contributed by atoms with Crippen LogP contribution in [0.5, 0.6) is 11.5 Å². The van der Waals surface area contributed by atoms with Gasteiger partial charge in [0.2, 0.25) is 0 Å². The number of hydrogen-bond donors (Lipinski definition) is 1. The van der Waals surface area contributed by atoms with E-state index >= 15 is 0 Å². The lowest BCUT2D eigenvalue weighted by atomic mass is 9.86. The number of aliphatic carboxylic acids is 1. The maximum Gasteiger partial charge on any atom is 0.354 e. The van der Waals surface area contributed by atoms with Crippen LogP contribution in [-0.2, 0) is 4.79 Å². The van der Waals surface area contributed by atoms with Crippen LogP contribution in [0, 0.1) is 0 Å². The second-order valence-electron chi connectivity index (χ2n) is 5.05. The summed E-state index contributed by atoms with van der Waals surface area (Å²) in [6.45, 7) is 0. The molecule has 23 heavy (non-hydrogen) atoms. The van der Waals surface area contributed by atoms with Gasteiger partial charge in [0.25, 0.3) is 0 Å². The van der Waals surface area contributed by atoms with E-state index in [1.165, 1.54) is 0 Å². The summed E-state index contributed by atoms with van der Waals surface area (Å²) >= 11 is 3.49. The molecule has 118 valence electrons. The summed E-state index contributed by atoms with van der Waals surface area (Å²) in [4.78, 5) is 15.3. The maximum atomic E-state index is 11.2. The van der Waals surface area contributed by atoms with Gasteiger partial charge in [-0.1, -0.05) is 12.2 Å². The fourth-order valence-electron chi connectivity index (χ4n) is 2.71. The summed E-state index contributed by atoms with van der Waals surface area (Å²) < 4.78 is 11.5. The highest BCUT2D eigenvalue weighted by Crippen LogP contribution is 2.43. The lowest BCUT2D eigenvalue weighted by Crippen LogP contribution is -2.08. The quantitative estimate of drug-likeness (QED) is 0.874. The number of halogens is 1. The van der Waals surface area contributed by atoms with Crippen LogP contribution in [0.4, 0.5) is 0 Å². The van der Waals surface area contributed by atoms with E-state index in [0.717, 1.165) is 15.6 Å². The van der Waals surface area contributed by atoms with E-state index in [1.807, 2.05) is 30.4 Å². The van der Waals surface area contributed by atoms with Crippen LogP contribution in [0.25, 0.3) is 0 Å². The Morgan fingerprint density at radius 3 is 2.74 bits per heavy atom. The van der Waals surface area contributed by atoms with Crippen molar-refractivity contribution < 1.29 is 19.4 Å². The van der Waals surface area contributed by atoms with Gasteiger partial charge in [-0.25, -0.2) is 9.79 Å². The minimum atomic E-state index is -1.03. The van der Waals surface area contributed by atoms with Gasteiger partial charge in [-0.3, -0.25) is 0 Å². The number of fused-ring (bicyclic) bond motifs is 1. The largest absolute Gasteiger partial charge is 0.493 e. The topological polar surface area (TPSA) is 68.1 Å². The minimum absolute atomic E-state index is 0.0551. The second kappa shape index (κ2) is 6.04. The number of nitrogens with zero attached hydrogens (tertiary/aromatic N) is 1. The van der Waals surface area contributed by atoms with Crippen molar-refractivity contribution in [3.63, 3.8) is 0 Å². The number of rotatable bonds is 4. The molecule has 0 amide bonds. The van der Waals surface area contributed by atoms with Gasteiger partial charge in [0, 0.05) is 5.92 Å². The molecule has 2 aliphatic rings. The molecule has 0 fully saturated rings. The molecule has 1 aromatic rings. The van der Waals surface area contributed by atoms with E-state index in [0.29, 0.717) is 17.2 Å². The van der Waals surface area contributed by atoms with Gasteiger partial charge in [0.05, 0.1) is 24.4 Å². The highest BCUT2D eigenvalue weighted by atomic mass is 79.9. The Balaban J connectivity index is 2.05. The molecule has 3 rings (SSSR count). The third kappa shape index (κ3) is 2.70. The molecule has 1 aliphatic carbocycles. The molecular formula is C17H14BrNO4. The first-order valence-corrected chi connectivity index (χ1v) is 7.68. The van der Waals surface area contributed by atoms with Gasteiger partial charge >= 0.3 is 5.97 Å². The number of allylic oxidation sites excluding steroid dienone is 4. The fraction of sp³-hybridized carbons (Fsp3) is 0.176. The second-order valence-corrected chi connectivity index (χ2v) is 5.91. The highest BCUT2D eigenvalue weighted by Gasteiger charge is 2.28. The Kier molecular flexibility index (Phi) is 4.09. The molecule has 6 heteroatoms. The first-order chi connectivity index (χ1) is 11.0. The molecule has 0 aromatic heterocycles. The zero-order valence-electron chi connectivity index (χ0n) is 12.5. The maximum absolute atomic E-state index is 11.2. The lowest BCUT2D eigenvalue weighted by Gasteiger charge is -2.20. The van der Waals surface area contributed by atoms with Crippen LogP contribution in [-0.4, -0.2) is 31.0 Å². The number of carboxylic acid groups (broad SMARTS) is 1. The number of carboxylic acids is 1. The first-order valence-electron chi connectivity index (χ1n) is 6.89. The molecule has 0 saturated carbocycles. The summed E-state index contributed by atoms with van der Waals surface area (Å²) in [7, 11) is 3.16. The molecule has 0 saturated heterocycles. The predicted octanol–water partition coefficient (Wildman–Crippen LogP) is 3.47. The zero-order chi connectivity index (χ0) is 16.6. The van der Waals surface area contributed by atoms with Gasteiger partial charge in [0.1, 0.15) is 5.71 Å². The van der Waals surface area contributed by atoms with Gasteiger partial charge in [0.15, 0.2) is 11.5 Å². The van der Waals surface area contributed by atoms with Gasteiger partial charge in [-0.05, 0) is 51.4 Å². The van der Waals surface area contributed by atoms with Crippen LogP contribution in [0.15, 0.2) is 57.2 Å². The van der Waals surface area contributed by atoms with Crippen molar-refractivity contribution in [2.75, 3.05) is 14.2 Å². The first kappa shape index (κ1) is 15.6. The Morgan fingerprint density at radius 2 is 2.09 bits per heavy atom. The van der Waals surface area contributed by atoms with Crippen LogP contribution < -0.4 is 9.47 Å². The Labute approximate surface area is 141 Å². The summed E-state index contributed by atoms with van der Waals surface area (Å²) in [6, 6.07) is 3.83. The summed E-state index contributed by atoms with van der Waals surface area (Å²) in [6.07, 6.45) is 7.32. The van der Waals surface area contributed by atoms with E-state index in [2.05, 4.69) is 20.9 Å². The number of carbonyl (C=O) groups is 1. The molecule has 0 radical (unpaired) electrons. The molecule has 5 nitrogen and oxygen atoms in total. The summed E-state index contributed by atoms with van der Waals surface area (Å²) in [5, 5.41) is 9.14. The molecule has 1 aliphatic heterocycles. The van der Waals surface area contributed by atoms with E-state index in [9.17, 15) is 4.79 Å². The predicted molar refractivity (Wildman–Crippen MR) is 90.4 cm³/mol. The van der Waals surface area contributed by atoms with Gasteiger partial charge in [-0.15, -0.1) is 0 Å². The van der Waals surface area contributed by atoms with Crippen molar-refractivity contribution in [3.05, 3.63) is 57.7 Å². The average molecular weight is 376 g/mol. The van der Waals surface area contributed by atoms with Crippen molar-refractivity contribution >= 4 is 27.6 Å². The molecule has 1 heterocycles. The van der Waals surface area contributed by atoms with Crippen molar-refractivity contribution in [3.8, 4) is 11.5 Å². The standard InChI is InChI=1S/C17H14BrNO4/c1-22-15-7-9(6-12(18)16(15)23-2)10-4-3-5-13-11(10)8-14(19-13)17(20)21/h3-8,10H,1-2H3,(H,20,21). The van der Waals surface area contributed by atoms with Crippen molar-refractivity contribution in [2.45, 2.75) is 5.92 Å². The normalized spacial score (nSPS) is 18.7. The van der Waals surface area contributed by atoms with Crippen molar-refractivity contribution in [1.82, 2.24) is 0 Å². The smallest absolute Gasteiger partial charge is 0.354 e. The SMILES string of the molecule is COc1cc(C2C=CC=C3N=C(C(=O)O)C=C32)cc(Br)c1OC. The molecule has 1 unspecified atom stereocenters. The summed E-state index contributed by atoms with van der Waals surface area (Å²) in [5.41, 5.74) is 2.56. The van der Waals surface area contributed by atoms with Crippen LogP contribution in [0.2, 0.25) is 0 Å². The highest BCUT2D eigenvalue weighted by molar-refractivity contribution is 9.10. The van der Waals surface area contributed by atoms with E-state index in [-0.39, 0.29) is 11.6 Å². The van der Waals surface area contributed by atoms with Crippen LogP contribution in [0.1, 0.15) is 11.5 Å². The third-order valence-corrected chi connectivity index (χ3v) is 4.34. The molecule has 0 spiro atoms. The molecular weight excluding hydrogens is 362 g/mol. The Morgan fingerprint density at radius 1 is 1.30 bits per heavy atom. The van der Waals surface area contributed by atoms with Gasteiger partial charge < -0.3 is 14.6 Å². The average Bonchev–Trinajstić information content (AvgIpc) is 2.98. The van der Waals surface area contributed by atoms with Crippen LogP contribution in [0.3, 0.4) is 0 Å². The summed E-state index contributed by atoms with van der Waals surface area (Å²) in [5.74, 6) is 0.112. The number of ether oxygens (including phenoxy) is 2. The molecule has 0 bridgehead atoms. The molecule has 1 atom stereocenters. The fourth-order valence-corrected chi connectivity index (χ4v) is 3.33. The van der Waals surface area contributed by atoms with E-state index in [4.69, 9.17) is 14.6 Å². The van der Waals surface area contributed by atoms with Crippen molar-refractivity contribution in [1.29, 1.82) is 0 Å². The number of aliphatic imine (C=N–C) groups is 1.